The van der Waals surface area contributed by atoms with E-state index in [0.29, 0.717) is 12.2 Å². The summed E-state index contributed by atoms with van der Waals surface area (Å²) in [6.45, 7) is 2.22. The van der Waals surface area contributed by atoms with Crippen molar-refractivity contribution in [2.75, 3.05) is 11.4 Å². The van der Waals surface area contributed by atoms with E-state index in [0.717, 1.165) is 22.1 Å². The zero-order valence-electron chi connectivity index (χ0n) is 8.66. The molecule has 5 heteroatoms. The summed E-state index contributed by atoms with van der Waals surface area (Å²) in [6.07, 6.45) is 2.30. The Labute approximate surface area is 101 Å². The summed E-state index contributed by atoms with van der Waals surface area (Å²) >= 11 is 3.39. The number of carbonyl (C=O) groups is 1. The highest BCUT2D eigenvalue weighted by Crippen LogP contribution is 2.38. The van der Waals surface area contributed by atoms with Crippen molar-refractivity contribution in [3.05, 3.63) is 22.2 Å². The molecule has 0 aromatic heterocycles. The van der Waals surface area contributed by atoms with E-state index in [1.807, 2.05) is 6.07 Å². The summed E-state index contributed by atoms with van der Waals surface area (Å²) in [4.78, 5) is 26.9. The van der Waals surface area contributed by atoms with Crippen molar-refractivity contribution in [1.29, 1.82) is 0 Å². The van der Waals surface area contributed by atoms with Gasteiger partial charge in [0.1, 0.15) is 0 Å². The maximum atomic E-state index is 11.4. The van der Waals surface area contributed by atoms with Crippen LogP contribution in [0.4, 0.5) is 11.4 Å². The van der Waals surface area contributed by atoms with Crippen LogP contribution in [0.25, 0.3) is 0 Å². The predicted octanol–water partition coefficient (Wildman–Crippen LogP) is 2.33. The summed E-state index contributed by atoms with van der Waals surface area (Å²) in [5.41, 5.74) is 2.47. The van der Waals surface area contributed by atoms with E-state index < -0.39 is 0 Å². The number of nitrogens with zero attached hydrogens (tertiary/aromatic N) is 2. The third-order valence-electron chi connectivity index (χ3n) is 2.56. The average molecular weight is 281 g/mol. The summed E-state index contributed by atoms with van der Waals surface area (Å²) in [6, 6.07) is 3.53. The van der Waals surface area contributed by atoms with E-state index in [1.54, 1.807) is 17.9 Å². The molecule has 1 amide bonds. The molecule has 1 heterocycles. The normalized spacial score (nSPS) is 13.2. The minimum Gasteiger partial charge on any atom is -0.311 e. The molecule has 0 fully saturated rings. The molecule has 1 aromatic carbocycles. The number of fused-ring (bicyclic) bond motifs is 1. The zero-order chi connectivity index (χ0) is 11.7. The Morgan fingerprint density at radius 3 is 2.94 bits per heavy atom. The van der Waals surface area contributed by atoms with E-state index in [4.69, 9.17) is 0 Å². The molecule has 0 unspecified atom stereocenters. The fourth-order valence-corrected chi connectivity index (χ4v) is 2.61. The first kappa shape index (κ1) is 11.0. The zero-order valence-corrected chi connectivity index (χ0v) is 10.2. The Morgan fingerprint density at radius 1 is 1.56 bits per heavy atom. The Kier molecular flexibility index (Phi) is 2.90. The molecule has 0 saturated carbocycles. The van der Waals surface area contributed by atoms with Gasteiger partial charge < -0.3 is 4.90 Å². The second-order valence-corrected chi connectivity index (χ2v) is 4.41. The molecule has 4 nitrogen and oxygen atoms in total. The third-order valence-corrected chi connectivity index (χ3v) is 3.16. The van der Waals surface area contributed by atoms with Crippen LogP contribution in [0.1, 0.15) is 12.5 Å². The number of rotatable bonds is 1. The van der Waals surface area contributed by atoms with Gasteiger partial charge in [-0.1, -0.05) is 0 Å². The molecule has 0 saturated heterocycles. The van der Waals surface area contributed by atoms with Crippen LogP contribution in [-0.4, -0.2) is 18.5 Å². The quantitative estimate of drug-likeness (QED) is 0.586. The lowest BCUT2D eigenvalue weighted by Crippen LogP contribution is -2.26. The minimum atomic E-state index is 0.0195. The van der Waals surface area contributed by atoms with E-state index in [2.05, 4.69) is 20.9 Å². The highest BCUT2D eigenvalue weighted by molar-refractivity contribution is 9.10. The van der Waals surface area contributed by atoms with Gasteiger partial charge >= 0.3 is 0 Å². The fraction of sp³-hybridized carbons (Fsp3) is 0.273. The monoisotopic (exact) mass is 280 g/mol. The van der Waals surface area contributed by atoms with Gasteiger partial charge in [-0.2, -0.15) is 4.99 Å². The Bertz CT molecular complexity index is 507. The number of anilines is 1. The average Bonchev–Trinajstić information content (AvgIpc) is 2.62. The van der Waals surface area contributed by atoms with Crippen LogP contribution < -0.4 is 4.90 Å². The number of isocyanates is 1. The van der Waals surface area contributed by atoms with Crippen LogP contribution in [0.2, 0.25) is 0 Å². The molecule has 0 aliphatic carbocycles. The van der Waals surface area contributed by atoms with E-state index in [-0.39, 0.29) is 5.91 Å². The molecule has 0 N–H and O–H groups in total. The van der Waals surface area contributed by atoms with Crippen molar-refractivity contribution in [1.82, 2.24) is 0 Å². The van der Waals surface area contributed by atoms with Crippen molar-refractivity contribution in [3.8, 4) is 0 Å². The molecule has 0 atom stereocenters. The predicted molar refractivity (Wildman–Crippen MR) is 63.7 cm³/mol. The van der Waals surface area contributed by atoms with E-state index in [1.165, 1.54) is 6.08 Å². The van der Waals surface area contributed by atoms with Crippen molar-refractivity contribution in [2.45, 2.75) is 13.3 Å². The van der Waals surface area contributed by atoms with Crippen LogP contribution in [0.3, 0.4) is 0 Å². The number of halogens is 1. The van der Waals surface area contributed by atoms with E-state index >= 15 is 0 Å². The SMILES string of the molecule is CC(=O)N1CCc2cc(N=C=O)cc(Br)c21. The number of benzene rings is 1. The molecular weight excluding hydrogens is 272 g/mol. The summed E-state index contributed by atoms with van der Waals surface area (Å²) < 4.78 is 0.784. The largest absolute Gasteiger partial charge is 0.311 e. The van der Waals surface area contributed by atoms with Crippen molar-refractivity contribution in [2.24, 2.45) is 4.99 Å². The summed E-state index contributed by atoms with van der Waals surface area (Å²) in [7, 11) is 0. The fourth-order valence-electron chi connectivity index (χ4n) is 1.91. The highest BCUT2D eigenvalue weighted by atomic mass is 79.9. The smallest absolute Gasteiger partial charge is 0.240 e. The Morgan fingerprint density at radius 2 is 2.31 bits per heavy atom. The standard InChI is InChI=1S/C11H9BrN2O2/c1-7(16)14-3-2-8-4-9(13-6-15)5-10(12)11(8)14/h4-5H,2-3H2,1H3. The first-order chi connectivity index (χ1) is 7.63. The molecule has 0 bridgehead atoms. The van der Waals surface area contributed by atoms with Gasteiger partial charge in [0, 0.05) is 17.9 Å². The molecule has 0 spiro atoms. The van der Waals surface area contributed by atoms with Gasteiger partial charge in [0.15, 0.2) is 0 Å². The molecule has 1 aliphatic rings. The molecule has 1 aliphatic heterocycles. The molecule has 1 aromatic rings. The van der Waals surface area contributed by atoms with Crippen LogP contribution in [0.5, 0.6) is 0 Å². The van der Waals surface area contributed by atoms with Crippen molar-refractivity contribution < 1.29 is 9.59 Å². The van der Waals surface area contributed by atoms with Gasteiger partial charge in [-0.05, 0) is 40.0 Å². The number of carbonyl (C=O) groups excluding carboxylic acids is 2. The lowest BCUT2D eigenvalue weighted by molar-refractivity contribution is -0.116. The molecular formula is C11H9BrN2O2. The molecule has 0 radical (unpaired) electrons. The molecule has 82 valence electrons. The number of amides is 1. The first-order valence-electron chi connectivity index (χ1n) is 4.82. The van der Waals surface area contributed by atoms with Gasteiger partial charge in [-0.25, -0.2) is 4.79 Å². The van der Waals surface area contributed by atoms with Crippen molar-refractivity contribution in [3.63, 3.8) is 0 Å². The van der Waals surface area contributed by atoms with Gasteiger partial charge in [0.25, 0.3) is 0 Å². The number of hydrogen-bond donors (Lipinski definition) is 0. The molecule has 16 heavy (non-hydrogen) atoms. The Balaban J connectivity index is 2.53. The second-order valence-electron chi connectivity index (χ2n) is 3.56. The van der Waals surface area contributed by atoms with E-state index in [9.17, 15) is 9.59 Å². The first-order valence-corrected chi connectivity index (χ1v) is 5.61. The van der Waals surface area contributed by atoms with Gasteiger partial charge in [0.05, 0.1) is 11.4 Å². The van der Waals surface area contributed by atoms with Gasteiger partial charge in [0.2, 0.25) is 12.0 Å². The molecule has 2 rings (SSSR count). The lowest BCUT2D eigenvalue weighted by Gasteiger charge is -2.16. The van der Waals surface area contributed by atoms with Gasteiger partial charge in [-0.3, -0.25) is 4.79 Å². The van der Waals surface area contributed by atoms with Crippen LogP contribution >= 0.6 is 15.9 Å². The summed E-state index contributed by atoms with van der Waals surface area (Å²) in [5.74, 6) is 0.0195. The maximum absolute atomic E-state index is 11.4. The van der Waals surface area contributed by atoms with Crippen LogP contribution in [0.15, 0.2) is 21.6 Å². The number of hydrogen-bond acceptors (Lipinski definition) is 3. The number of aliphatic imine (C=N–C) groups is 1. The maximum Gasteiger partial charge on any atom is 0.240 e. The third kappa shape index (κ3) is 1.79. The minimum absolute atomic E-state index is 0.0195. The topological polar surface area (TPSA) is 49.7 Å². The van der Waals surface area contributed by atoms with Crippen LogP contribution in [0, 0.1) is 0 Å². The van der Waals surface area contributed by atoms with Crippen molar-refractivity contribution >= 4 is 39.3 Å². The Hall–Kier alpha value is -1.45. The lowest BCUT2D eigenvalue weighted by atomic mass is 10.1. The summed E-state index contributed by atoms with van der Waals surface area (Å²) in [5, 5.41) is 0. The second kappa shape index (κ2) is 4.20. The highest BCUT2D eigenvalue weighted by Gasteiger charge is 2.25. The van der Waals surface area contributed by atoms with Gasteiger partial charge in [-0.15, -0.1) is 0 Å². The van der Waals surface area contributed by atoms with Crippen LogP contribution in [-0.2, 0) is 16.0 Å².